The monoisotopic (exact) mass is 368 g/mol. The van der Waals surface area contributed by atoms with E-state index in [0.29, 0.717) is 23.7 Å². The zero-order chi connectivity index (χ0) is 17.9. The van der Waals surface area contributed by atoms with E-state index >= 15 is 0 Å². The van der Waals surface area contributed by atoms with Crippen LogP contribution in [0.3, 0.4) is 0 Å². The van der Waals surface area contributed by atoms with Crippen molar-refractivity contribution in [2.75, 3.05) is 12.0 Å². The van der Waals surface area contributed by atoms with E-state index in [2.05, 4.69) is 20.5 Å². The fraction of sp³-hybridized carbons (Fsp3) is 0.316. The second-order valence-corrected chi connectivity index (χ2v) is 7.19. The van der Waals surface area contributed by atoms with Crippen molar-refractivity contribution >= 4 is 33.6 Å². The van der Waals surface area contributed by atoms with Crippen LogP contribution in [0.5, 0.6) is 11.5 Å². The lowest BCUT2D eigenvalue weighted by Gasteiger charge is -2.11. The van der Waals surface area contributed by atoms with E-state index in [0.717, 1.165) is 23.1 Å². The number of benzene rings is 1. The number of fused-ring (bicyclic) bond motifs is 3. The second-order valence-electron chi connectivity index (χ2n) is 6.11. The number of para-hydroxylation sites is 1. The number of hydrazone groups is 1. The van der Waals surface area contributed by atoms with Gasteiger partial charge in [0.25, 0.3) is 0 Å². The molecule has 1 aliphatic rings. The van der Waals surface area contributed by atoms with Gasteiger partial charge in [-0.2, -0.15) is 5.10 Å². The van der Waals surface area contributed by atoms with Gasteiger partial charge in [-0.1, -0.05) is 6.07 Å². The Morgan fingerprint density at radius 2 is 2.19 bits per heavy atom. The van der Waals surface area contributed by atoms with Gasteiger partial charge >= 0.3 is 0 Å². The maximum absolute atomic E-state index is 10.2. The lowest BCUT2D eigenvalue weighted by atomic mass is 9.97. The van der Waals surface area contributed by atoms with E-state index in [4.69, 9.17) is 4.74 Å². The number of anilines is 1. The fourth-order valence-electron chi connectivity index (χ4n) is 3.25. The van der Waals surface area contributed by atoms with Crippen molar-refractivity contribution in [1.29, 1.82) is 0 Å². The highest BCUT2D eigenvalue weighted by molar-refractivity contribution is 7.19. The van der Waals surface area contributed by atoms with Crippen LogP contribution in [0, 0.1) is 0 Å². The summed E-state index contributed by atoms with van der Waals surface area (Å²) in [4.78, 5) is 11.2. The molecular weight excluding hydrogens is 348 g/mol. The minimum absolute atomic E-state index is 0.0839. The number of rotatable bonds is 5. The van der Waals surface area contributed by atoms with Crippen molar-refractivity contribution < 1.29 is 9.84 Å². The number of aromatic nitrogens is 2. The Morgan fingerprint density at radius 3 is 3.08 bits per heavy atom. The van der Waals surface area contributed by atoms with Crippen LogP contribution in [0.4, 0.5) is 5.82 Å². The smallest absolute Gasteiger partial charge is 0.166 e. The van der Waals surface area contributed by atoms with Crippen molar-refractivity contribution in [2.45, 2.75) is 32.6 Å². The van der Waals surface area contributed by atoms with Gasteiger partial charge in [-0.25, -0.2) is 9.97 Å². The molecule has 2 aromatic heterocycles. The van der Waals surface area contributed by atoms with Gasteiger partial charge in [0.15, 0.2) is 17.3 Å². The molecule has 0 saturated heterocycles. The van der Waals surface area contributed by atoms with E-state index in [-0.39, 0.29) is 5.75 Å². The number of hydrogen-bond donors (Lipinski definition) is 2. The number of phenols is 1. The van der Waals surface area contributed by atoms with Crippen molar-refractivity contribution in [3.05, 3.63) is 40.5 Å². The SMILES string of the molecule is CCOc1cccc(/C=N/Nc2ncnc3sc4c(c23)CCCC4)c1O. The molecule has 0 saturated carbocycles. The topological polar surface area (TPSA) is 79.6 Å². The summed E-state index contributed by atoms with van der Waals surface area (Å²) >= 11 is 1.75. The molecule has 4 rings (SSSR count). The Balaban J connectivity index is 1.62. The minimum Gasteiger partial charge on any atom is -0.504 e. The Bertz CT molecular complexity index is 968. The van der Waals surface area contributed by atoms with Gasteiger partial charge in [-0.3, -0.25) is 5.43 Å². The van der Waals surface area contributed by atoms with Crippen molar-refractivity contribution in [3.63, 3.8) is 0 Å². The Morgan fingerprint density at radius 1 is 1.31 bits per heavy atom. The standard InChI is InChI=1S/C19H20N4O2S/c1-2-25-14-8-5-6-12(17(14)24)10-22-23-18-16-13-7-3-4-9-15(13)26-19(16)21-11-20-18/h5-6,8,10-11,24H,2-4,7,9H2,1H3,(H,20,21,23)/b22-10+. The van der Waals surface area contributed by atoms with E-state index in [1.165, 1.54) is 23.3 Å². The number of thiophene rings is 1. The van der Waals surface area contributed by atoms with Crippen molar-refractivity contribution in [3.8, 4) is 11.5 Å². The first-order chi connectivity index (χ1) is 12.8. The average molecular weight is 368 g/mol. The summed E-state index contributed by atoms with van der Waals surface area (Å²) in [5, 5.41) is 15.6. The molecule has 6 nitrogen and oxygen atoms in total. The molecule has 0 radical (unpaired) electrons. The Hall–Kier alpha value is -2.67. The normalized spacial score (nSPS) is 13.9. The van der Waals surface area contributed by atoms with Crippen LogP contribution in [0.15, 0.2) is 29.6 Å². The molecule has 0 aliphatic heterocycles. The number of nitrogens with zero attached hydrogens (tertiary/aromatic N) is 3. The van der Waals surface area contributed by atoms with E-state index < -0.39 is 0 Å². The first-order valence-corrected chi connectivity index (χ1v) is 9.58. The molecule has 0 bridgehead atoms. The summed E-state index contributed by atoms with van der Waals surface area (Å²) in [6, 6.07) is 5.34. The first kappa shape index (κ1) is 16.8. The number of aromatic hydroxyl groups is 1. The van der Waals surface area contributed by atoms with Gasteiger partial charge < -0.3 is 9.84 Å². The van der Waals surface area contributed by atoms with Gasteiger partial charge in [-0.05, 0) is 50.3 Å². The quantitative estimate of drug-likeness (QED) is 0.523. The van der Waals surface area contributed by atoms with Crippen LogP contribution in [0.1, 0.15) is 35.8 Å². The molecule has 3 aromatic rings. The van der Waals surface area contributed by atoms with E-state index in [1.807, 2.05) is 13.0 Å². The van der Waals surface area contributed by atoms with Gasteiger partial charge in [0, 0.05) is 10.4 Å². The third kappa shape index (κ3) is 3.10. The lowest BCUT2D eigenvalue weighted by molar-refractivity contribution is 0.318. The van der Waals surface area contributed by atoms with Crippen LogP contribution in [0.25, 0.3) is 10.2 Å². The largest absolute Gasteiger partial charge is 0.504 e. The summed E-state index contributed by atoms with van der Waals surface area (Å²) in [5.41, 5.74) is 4.97. The highest BCUT2D eigenvalue weighted by Crippen LogP contribution is 2.38. The molecule has 7 heteroatoms. The van der Waals surface area contributed by atoms with Crippen LogP contribution >= 0.6 is 11.3 Å². The predicted molar refractivity (Wildman–Crippen MR) is 105 cm³/mol. The maximum Gasteiger partial charge on any atom is 0.166 e. The molecule has 134 valence electrons. The third-order valence-electron chi connectivity index (χ3n) is 4.46. The van der Waals surface area contributed by atoms with Gasteiger partial charge in [0.1, 0.15) is 11.2 Å². The Kier molecular flexibility index (Phi) is 4.71. The molecule has 2 heterocycles. The number of phenolic OH excluding ortho intramolecular Hbond substituents is 1. The molecular formula is C19H20N4O2S. The molecule has 1 aliphatic carbocycles. The molecule has 1 aromatic carbocycles. The van der Waals surface area contributed by atoms with Gasteiger partial charge in [0.2, 0.25) is 0 Å². The molecule has 0 fully saturated rings. The summed E-state index contributed by atoms with van der Waals surface area (Å²) in [6.07, 6.45) is 7.77. The lowest BCUT2D eigenvalue weighted by Crippen LogP contribution is -2.01. The third-order valence-corrected chi connectivity index (χ3v) is 5.66. The summed E-state index contributed by atoms with van der Waals surface area (Å²) < 4.78 is 5.40. The molecule has 26 heavy (non-hydrogen) atoms. The zero-order valence-corrected chi connectivity index (χ0v) is 15.3. The van der Waals surface area contributed by atoms with E-state index in [9.17, 15) is 5.11 Å². The maximum atomic E-state index is 10.2. The van der Waals surface area contributed by atoms with Gasteiger partial charge in [-0.15, -0.1) is 11.3 Å². The van der Waals surface area contributed by atoms with Gasteiger partial charge in [0.05, 0.1) is 18.2 Å². The molecule has 0 unspecified atom stereocenters. The second kappa shape index (κ2) is 7.29. The van der Waals surface area contributed by atoms with Crippen LogP contribution < -0.4 is 10.2 Å². The summed E-state index contributed by atoms with van der Waals surface area (Å²) in [6.45, 7) is 2.37. The molecule has 2 N–H and O–H groups in total. The Labute approximate surface area is 155 Å². The number of nitrogens with one attached hydrogen (secondary N) is 1. The van der Waals surface area contributed by atoms with Crippen molar-refractivity contribution in [1.82, 2.24) is 9.97 Å². The fourth-order valence-corrected chi connectivity index (χ4v) is 4.48. The predicted octanol–water partition coefficient (Wildman–Crippen LogP) is 4.12. The average Bonchev–Trinajstić information content (AvgIpc) is 3.04. The first-order valence-electron chi connectivity index (χ1n) is 8.77. The van der Waals surface area contributed by atoms with E-state index in [1.54, 1.807) is 36.0 Å². The molecule has 0 atom stereocenters. The van der Waals surface area contributed by atoms with Crippen LogP contribution in [-0.2, 0) is 12.8 Å². The molecule has 0 spiro atoms. The zero-order valence-electron chi connectivity index (χ0n) is 14.5. The summed E-state index contributed by atoms with van der Waals surface area (Å²) in [5.74, 6) is 1.25. The van der Waals surface area contributed by atoms with Crippen molar-refractivity contribution in [2.24, 2.45) is 5.10 Å². The number of hydrogen-bond acceptors (Lipinski definition) is 7. The highest BCUT2D eigenvalue weighted by Gasteiger charge is 2.19. The molecule has 0 amide bonds. The minimum atomic E-state index is 0.0839. The van der Waals surface area contributed by atoms with Crippen LogP contribution in [0.2, 0.25) is 0 Å². The number of ether oxygens (including phenoxy) is 1. The van der Waals surface area contributed by atoms with Crippen LogP contribution in [-0.4, -0.2) is 27.9 Å². The number of aryl methyl sites for hydroxylation is 2. The summed E-state index contributed by atoms with van der Waals surface area (Å²) in [7, 11) is 0. The highest BCUT2D eigenvalue weighted by atomic mass is 32.1.